The Morgan fingerprint density at radius 2 is 1.80 bits per heavy atom. The molecule has 1 fully saturated rings. The molecule has 1 heterocycles. The topological polar surface area (TPSA) is 132 Å². The Kier molecular flexibility index (Phi) is 12.7. The predicted octanol–water partition coefficient (Wildman–Crippen LogP) is 3.23. The van der Waals surface area contributed by atoms with Gasteiger partial charge in [0.25, 0.3) is 0 Å². The molecule has 41 heavy (non-hydrogen) atoms. The van der Waals surface area contributed by atoms with E-state index in [1.807, 2.05) is 74.2 Å². The Balaban J connectivity index is 1.51. The van der Waals surface area contributed by atoms with E-state index < -0.39 is 25.1 Å². The Morgan fingerprint density at radius 3 is 2.44 bits per heavy atom. The monoisotopic (exact) mass is 563 g/mol. The molecular formula is C31H42BN3O6. The fourth-order valence-corrected chi connectivity index (χ4v) is 5.26. The maximum Gasteiger partial charge on any atom is 0.475 e. The van der Waals surface area contributed by atoms with Gasteiger partial charge in [-0.15, -0.1) is 0 Å². The van der Waals surface area contributed by atoms with Crippen LogP contribution < -0.4 is 5.32 Å². The van der Waals surface area contributed by atoms with E-state index in [0.717, 1.165) is 35.1 Å². The summed E-state index contributed by atoms with van der Waals surface area (Å²) in [6.45, 7) is 7.81. The molecule has 2 aromatic carbocycles. The summed E-state index contributed by atoms with van der Waals surface area (Å²) in [5.74, 6) is -1.92. The Morgan fingerprint density at radius 1 is 1.12 bits per heavy atom. The molecule has 2 unspecified atom stereocenters. The van der Waals surface area contributed by atoms with Crippen molar-refractivity contribution in [3.63, 3.8) is 0 Å². The van der Waals surface area contributed by atoms with Crippen molar-refractivity contribution < 1.29 is 29.1 Å². The van der Waals surface area contributed by atoms with Crippen LogP contribution >= 0.6 is 0 Å². The summed E-state index contributed by atoms with van der Waals surface area (Å²) in [6, 6.07) is 17.8. The molecule has 1 saturated heterocycles. The minimum Gasteiger partial charge on any atom is -0.449 e. The van der Waals surface area contributed by atoms with E-state index in [4.69, 9.17) is 9.47 Å². The van der Waals surface area contributed by atoms with Crippen molar-refractivity contribution in [2.24, 2.45) is 11.8 Å². The van der Waals surface area contributed by atoms with Gasteiger partial charge in [0.1, 0.15) is 5.92 Å². The second-order valence-electron chi connectivity index (χ2n) is 10.8. The van der Waals surface area contributed by atoms with Crippen molar-refractivity contribution in [1.29, 1.82) is 5.26 Å². The largest absolute Gasteiger partial charge is 0.475 e. The molecule has 1 aliphatic heterocycles. The Labute approximate surface area is 243 Å². The van der Waals surface area contributed by atoms with Crippen LogP contribution in [0.5, 0.6) is 0 Å². The first-order chi connectivity index (χ1) is 19.7. The fraction of sp³-hybridized carbons (Fsp3) is 0.516. The molecular weight excluding hydrogens is 521 g/mol. The lowest BCUT2D eigenvalue weighted by Crippen LogP contribution is -2.48. The molecule has 10 heteroatoms. The van der Waals surface area contributed by atoms with Gasteiger partial charge in [-0.25, -0.2) is 4.79 Å². The first kappa shape index (κ1) is 32.1. The molecule has 3 atom stereocenters. The van der Waals surface area contributed by atoms with E-state index >= 15 is 0 Å². The second-order valence-corrected chi connectivity index (χ2v) is 10.8. The van der Waals surface area contributed by atoms with Crippen molar-refractivity contribution in [1.82, 2.24) is 10.2 Å². The molecule has 0 saturated carbocycles. The maximum absolute atomic E-state index is 13.3. The zero-order valence-corrected chi connectivity index (χ0v) is 24.3. The van der Waals surface area contributed by atoms with Crippen molar-refractivity contribution in [2.75, 3.05) is 26.4 Å². The standard InChI is InChI=1S/C31H42BN3O6/c1-4-35(27-13-15-40-16-14-27)30(36)28(21-33)23(3)18-26-7-5-6-24(19-26)12-17-41-31(37)34-29(32(38)39)20-25-10-8-22(2)9-11-25/h5-11,19,23,27-29,38-39H,4,12-18,20H2,1-3H3,(H,34,37)/t23?,28?,29-/m0/s1. The van der Waals surface area contributed by atoms with Crippen molar-refractivity contribution in [2.45, 2.75) is 64.9 Å². The fourth-order valence-electron chi connectivity index (χ4n) is 5.26. The van der Waals surface area contributed by atoms with Crippen LogP contribution in [0.3, 0.4) is 0 Å². The van der Waals surface area contributed by atoms with E-state index in [9.17, 15) is 24.9 Å². The SMILES string of the molecule is CCN(C(=O)C(C#N)C(C)Cc1cccc(CCOC(=O)N[C@@H](Cc2ccc(C)cc2)B(O)O)c1)C1CCOCC1. The molecule has 0 radical (unpaired) electrons. The van der Waals surface area contributed by atoms with Gasteiger partial charge in [0.05, 0.1) is 18.6 Å². The maximum atomic E-state index is 13.3. The quantitative estimate of drug-likeness (QED) is 0.319. The lowest BCUT2D eigenvalue weighted by Gasteiger charge is -2.35. The average molecular weight is 564 g/mol. The molecule has 2 aromatic rings. The van der Waals surface area contributed by atoms with Crippen LogP contribution in [-0.4, -0.2) is 72.4 Å². The van der Waals surface area contributed by atoms with Gasteiger partial charge in [-0.1, -0.05) is 61.0 Å². The van der Waals surface area contributed by atoms with Gasteiger partial charge in [0, 0.05) is 32.2 Å². The summed E-state index contributed by atoms with van der Waals surface area (Å²) in [5, 5.41) is 31.9. The number of carbonyl (C=O) groups excluding carboxylic acids is 2. The van der Waals surface area contributed by atoms with Crippen LogP contribution in [0.4, 0.5) is 4.79 Å². The van der Waals surface area contributed by atoms with Crippen molar-refractivity contribution >= 4 is 19.1 Å². The van der Waals surface area contributed by atoms with Crippen LogP contribution in [0.2, 0.25) is 0 Å². The number of hydrogen-bond acceptors (Lipinski definition) is 7. The Bertz CT molecular complexity index is 1160. The van der Waals surface area contributed by atoms with Crippen LogP contribution in [0.15, 0.2) is 48.5 Å². The van der Waals surface area contributed by atoms with E-state index in [2.05, 4.69) is 11.4 Å². The summed E-state index contributed by atoms with van der Waals surface area (Å²) < 4.78 is 10.8. The minimum absolute atomic E-state index is 0.111. The number of benzene rings is 2. The van der Waals surface area contributed by atoms with Crippen LogP contribution in [0, 0.1) is 30.1 Å². The van der Waals surface area contributed by atoms with Crippen molar-refractivity contribution in [3.05, 3.63) is 70.8 Å². The highest BCUT2D eigenvalue weighted by atomic mass is 16.5. The summed E-state index contributed by atoms with van der Waals surface area (Å²) in [6.07, 6.45) is 2.16. The molecule has 0 aliphatic carbocycles. The van der Waals surface area contributed by atoms with E-state index in [1.54, 1.807) is 0 Å². The molecule has 0 bridgehead atoms. The number of aryl methyl sites for hydroxylation is 1. The van der Waals surface area contributed by atoms with Crippen LogP contribution in [0.25, 0.3) is 0 Å². The van der Waals surface area contributed by atoms with Gasteiger partial charge in [0.15, 0.2) is 0 Å². The number of alkyl carbamates (subject to hydrolysis) is 1. The van der Waals surface area contributed by atoms with Crippen LogP contribution in [-0.2, 0) is 33.5 Å². The second kappa shape index (κ2) is 16.2. The third kappa shape index (κ3) is 9.89. The normalized spacial score (nSPS) is 15.7. The third-order valence-corrected chi connectivity index (χ3v) is 7.64. The molecule has 9 nitrogen and oxygen atoms in total. The van der Waals surface area contributed by atoms with Crippen LogP contribution in [0.1, 0.15) is 48.9 Å². The minimum atomic E-state index is -1.73. The van der Waals surface area contributed by atoms with Gasteiger partial charge in [-0.2, -0.15) is 5.26 Å². The van der Waals surface area contributed by atoms with E-state index in [1.165, 1.54) is 0 Å². The summed E-state index contributed by atoms with van der Waals surface area (Å²) in [4.78, 5) is 27.5. The summed E-state index contributed by atoms with van der Waals surface area (Å²) in [5.41, 5.74) is 3.92. The number of amides is 2. The van der Waals surface area contributed by atoms with E-state index in [-0.39, 0.29) is 30.9 Å². The first-order valence-electron chi connectivity index (χ1n) is 14.4. The van der Waals surface area contributed by atoms with Gasteiger partial charge in [-0.05, 0) is 62.1 Å². The lowest BCUT2D eigenvalue weighted by molar-refractivity contribution is -0.139. The van der Waals surface area contributed by atoms with Gasteiger partial charge in [0.2, 0.25) is 5.91 Å². The number of nitriles is 1. The number of nitrogens with one attached hydrogen (secondary N) is 1. The molecule has 0 aromatic heterocycles. The molecule has 2 amide bonds. The molecule has 1 aliphatic rings. The number of ether oxygens (including phenoxy) is 2. The molecule has 3 rings (SSSR count). The Hall–Kier alpha value is -3.39. The highest BCUT2D eigenvalue weighted by Crippen LogP contribution is 2.24. The number of rotatable bonds is 13. The average Bonchev–Trinajstić information content (AvgIpc) is 2.95. The number of nitrogens with zero attached hydrogens (tertiary/aromatic N) is 2. The number of hydrogen-bond donors (Lipinski definition) is 3. The molecule has 3 N–H and O–H groups in total. The smallest absolute Gasteiger partial charge is 0.449 e. The van der Waals surface area contributed by atoms with Gasteiger partial charge in [-0.3, -0.25) is 4.79 Å². The zero-order valence-electron chi connectivity index (χ0n) is 24.3. The zero-order chi connectivity index (χ0) is 29.8. The van der Waals surface area contributed by atoms with E-state index in [0.29, 0.717) is 32.6 Å². The van der Waals surface area contributed by atoms with Gasteiger partial charge >= 0.3 is 13.2 Å². The highest BCUT2D eigenvalue weighted by molar-refractivity contribution is 6.43. The third-order valence-electron chi connectivity index (χ3n) is 7.64. The van der Waals surface area contributed by atoms with Crippen molar-refractivity contribution in [3.8, 4) is 6.07 Å². The summed E-state index contributed by atoms with van der Waals surface area (Å²) >= 11 is 0. The predicted molar refractivity (Wildman–Crippen MR) is 157 cm³/mol. The molecule has 220 valence electrons. The highest BCUT2D eigenvalue weighted by Gasteiger charge is 2.33. The summed E-state index contributed by atoms with van der Waals surface area (Å²) in [7, 11) is -1.73. The molecule has 0 spiro atoms. The van der Waals surface area contributed by atoms with Gasteiger partial charge < -0.3 is 29.7 Å². The first-order valence-corrected chi connectivity index (χ1v) is 14.4. The lowest BCUT2D eigenvalue weighted by atomic mass is 9.76. The number of carbonyl (C=O) groups is 2.